The first kappa shape index (κ1) is 29.8. The highest BCUT2D eigenvalue weighted by Crippen LogP contribution is 2.59. The van der Waals surface area contributed by atoms with Crippen molar-refractivity contribution in [1.29, 1.82) is 5.26 Å². The van der Waals surface area contributed by atoms with Crippen molar-refractivity contribution in [2.24, 2.45) is 11.3 Å². The molecule has 0 amide bonds. The van der Waals surface area contributed by atoms with Gasteiger partial charge in [-0.1, -0.05) is 62.2 Å². The molecule has 1 aliphatic rings. The van der Waals surface area contributed by atoms with Crippen LogP contribution in [0.3, 0.4) is 0 Å². The van der Waals surface area contributed by atoms with Gasteiger partial charge in [0, 0.05) is 28.4 Å². The Balaban J connectivity index is 2.14. The Morgan fingerprint density at radius 2 is 1.85 bits per heavy atom. The molecule has 210 valence electrons. The maximum Gasteiger partial charge on any atom is 0.335 e. The van der Waals surface area contributed by atoms with E-state index in [1.165, 1.54) is 24.3 Å². The number of nitrogens with zero attached hydrogens (tertiary/aromatic N) is 2. The number of rotatable bonds is 6. The van der Waals surface area contributed by atoms with E-state index in [-0.39, 0.29) is 32.2 Å². The van der Waals surface area contributed by atoms with E-state index in [0.29, 0.717) is 24.2 Å². The van der Waals surface area contributed by atoms with Gasteiger partial charge in [0.15, 0.2) is 0 Å². The minimum atomic E-state index is -1.69. The SMILES string of the molecule is Cc1cc(N[C@@]2(c3cccc(Cl)c3F)N(C)C[C@@H](CC(C)(C)C)[C@]2(C#N)c2ccc(Cl)cc2F)ccc1C(=O)O. The van der Waals surface area contributed by atoms with Crippen molar-refractivity contribution >= 4 is 34.9 Å². The summed E-state index contributed by atoms with van der Waals surface area (Å²) in [5.74, 6) is -2.98. The molecule has 3 aromatic rings. The lowest BCUT2D eigenvalue weighted by molar-refractivity contribution is 0.0696. The van der Waals surface area contributed by atoms with Crippen LogP contribution in [0, 0.1) is 41.2 Å². The van der Waals surface area contributed by atoms with Crippen molar-refractivity contribution in [3.8, 4) is 6.07 Å². The van der Waals surface area contributed by atoms with E-state index in [1.54, 1.807) is 38.2 Å². The number of nitriles is 1. The van der Waals surface area contributed by atoms with Crippen molar-refractivity contribution < 1.29 is 18.7 Å². The largest absolute Gasteiger partial charge is 0.478 e. The first-order valence-electron chi connectivity index (χ1n) is 12.8. The molecule has 0 aromatic heterocycles. The number of halogens is 4. The van der Waals surface area contributed by atoms with E-state index >= 15 is 8.78 Å². The zero-order valence-electron chi connectivity index (χ0n) is 22.9. The average Bonchev–Trinajstić information content (AvgIpc) is 3.07. The lowest BCUT2D eigenvalue weighted by Crippen LogP contribution is -2.59. The Labute approximate surface area is 243 Å². The zero-order valence-corrected chi connectivity index (χ0v) is 24.5. The van der Waals surface area contributed by atoms with Gasteiger partial charge in [-0.25, -0.2) is 13.6 Å². The van der Waals surface area contributed by atoms with Crippen molar-refractivity contribution in [2.75, 3.05) is 18.9 Å². The van der Waals surface area contributed by atoms with Gasteiger partial charge in [0.1, 0.15) is 22.7 Å². The van der Waals surface area contributed by atoms with Gasteiger partial charge in [-0.15, -0.1) is 0 Å². The van der Waals surface area contributed by atoms with Crippen molar-refractivity contribution in [3.63, 3.8) is 0 Å². The highest BCUT2D eigenvalue weighted by Gasteiger charge is 2.67. The van der Waals surface area contributed by atoms with Crippen LogP contribution in [0.2, 0.25) is 10.0 Å². The van der Waals surface area contributed by atoms with E-state index in [0.717, 1.165) is 6.07 Å². The van der Waals surface area contributed by atoms with Gasteiger partial charge in [0.25, 0.3) is 0 Å². The van der Waals surface area contributed by atoms with Crippen molar-refractivity contribution in [1.82, 2.24) is 4.90 Å². The Bertz CT molecular complexity index is 1520. The number of nitrogens with one attached hydrogen (secondary N) is 1. The third kappa shape index (κ3) is 4.83. The van der Waals surface area contributed by atoms with Crippen LogP contribution in [0.5, 0.6) is 0 Å². The molecule has 5 nitrogen and oxygen atoms in total. The maximum absolute atomic E-state index is 16.1. The summed E-state index contributed by atoms with van der Waals surface area (Å²) in [5.41, 5.74) is -2.48. The minimum Gasteiger partial charge on any atom is -0.478 e. The third-order valence-electron chi connectivity index (χ3n) is 7.76. The number of carboxylic acid groups (broad SMARTS) is 1. The van der Waals surface area contributed by atoms with Crippen LogP contribution in [-0.2, 0) is 11.1 Å². The monoisotopic (exact) mass is 585 g/mol. The number of hydrogen-bond donors (Lipinski definition) is 2. The minimum absolute atomic E-state index is 0.0646. The summed E-state index contributed by atoms with van der Waals surface area (Å²) in [4.78, 5) is 13.5. The molecule has 0 unspecified atom stereocenters. The van der Waals surface area contributed by atoms with Gasteiger partial charge < -0.3 is 10.4 Å². The Morgan fingerprint density at radius 1 is 1.15 bits per heavy atom. The molecule has 0 saturated carbocycles. The number of likely N-dealkylation sites (tertiary alicyclic amines) is 1. The van der Waals surface area contributed by atoms with Crippen LogP contribution in [0.1, 0.15) is 54.2 Å². The zero-order chi connectivity index (χ0) is 29.6. The number of aromatic carboxylic acids is 1. The lowest BCUT2D eigenvalue weighted by atomic mass is 9.60. The average molecular weight is 587 g/mol. The van der Waals surface area contributed by atoms with Crippen LogP contribution >= 0.6 is 23.2 Å². The fourth-order valence-corrected chi connectivity index (χ4v) is 6.60. The summed E-state index contributed by atoms with van der Waals surface area (Å²) in [6.45, 7) is 8.08. The molecule has 0 spiro atoms. The summed E-state index contributed by atoms with van der Waals surface area (Å²) < 4.78 is 32.1. The molecular formula is C31H31Cl2F2N3O2. The molecule has 1 heterocycles. The van der Waals surface area contributed by atoms with Crippen LogP contribution in [0.25, 0.3) is 0 Å². The number of likely N-dealkylation sites (N-methyl/N-ethyl adjacent to an activating group) is 1. The van der Waals surface area contributed by atoms with Crippen molar-refractivity contribution in [2.45, 2.75) is 45.2 Å². The van der Waals surface area contributed by atoms with Crippen LogP contribution in [0.4, 0.5) is 14.5 Å². The molecule has 40 heavy (non-hydrogen) atoms. The Kier molecular flexibility index (Phi) is 7.94. The predicted octanol–water partition coefficient (Wildman–Crippen LogP) is 8.00. The molecule has 9 heteroatoms. The number of carbonyl (C=O) groups is 1. The highest BCUT2D eigenvalue weighted by atomic mass is 35.5. The number of aryl methyl sites for hydroxylation is 1. The second-order valence-corrected chi connectivity index (χ2v) is 12.5. The number of carboxylic acids is 1. The summed E-state index contributed by atoms with van der Waals surface area (Å²) in [6, 6.07) is 15.8. The fraction of sp³-hybridized carbons (Fsp3) is 0.355. The predicted molar refractivity (Wildman–Crippen MR) is 154 cm³/mol. The normalized spacial score (nSPS) is 23.1. The Morgan fingerprint density at radius 3 is 2.42 bits per heavy atom. The van der Waals surface area contributed by atoms with Gasteiger partial charge in [0.2, 0.25) is 0 Å². The van der Waals surface area contributed by atoms with Gasteiger partial charge >= 0.3 is 5.97 Å². The standard InChI is InChI=1S/C31H31Cl2F2N3O2/c1-18-13-21(10-11-22(18)28(39)40)37-31(24-7-6-8-25(33)27(24)35)30(17-36,23-12-9-20(32)14-26(23)34)19(16-38(31)5)15-29(2,3)4/h6-14,19,37H,15-16H2,1-5H3,(H,39,40)/t19-,30-,31+/m1/s1. The van der Waals surface area contributed by atoms with E-state index < -0.39 is 34.6 Å². The number of hydrogen-bond acceptors (Lipinski definition) is 4. The van der Waals surface area contributed by atoms with E-state index in [9.17, 15) is 15.2 Å². The fourth-order valence-electron chi connectivity index (χ4n) is 6.27. The molecule has 0 bridgehead atoms. The van der Waals surface area contributed by atoms with Gasteiger partial charge in [-0.05, 0) is 73.7 Å². The molecule has 3 aromatic carbocycles. The van der Waals surface area contributed by atoms with Gasteiger partial charge in [-0.2, -0.15) is 5.26 Å². The van der Waals surface area contributed by atoms with E-state index in [4.69, 9.17) is 23.2 Å². The van der Waals surface area contributed by atoms with Crippen LogP contribution in [-0.4, -0.2) is 29.6 Å². The first-order chi connectivity index (χ1) is 18.7. The van der Waals surface area contributed by atoms with Crippen LogP contribution in [0.15, 0.2) is 54.6 Å². The smallest absolute Gasteiger partial charge is 0.335 e. The molecule has 0 radical (unpaired) electrons. The van der Waals surface area contributed by atoms with Gasteiger partial charge in [-0.3, -0.25) is 4.90 Å². The number of benzene rings is 3. The molecule has 3 atom stereocenters. The maximum atomic E-state index is 16.1. The quantitative estimate of drug-likeness (QED) is 0.306. The lowest BCUT2D eigenvalue weighted by Gasteiger charge is -2.49. The second-order valence-electron chi connectivity index (χ2n) is 11.7. The van der Waals surface area contributed by atoms with Crippen molar-refractivity contribution in [3.05, 3.63) is 98.5 Å². The molecular weight excluding hydrogens is 555 g/mol. The van der Waals surface area contributed by atoms with Crippen LogP contribution < -0.4 is 5.32 Å². The molecule has 1 aliphatic heterocycles. The topological polar surface area (TPSA) is 76.4 Å². The first-order valence-corrected chi connectivity index (χ1v) is 13.6. The highest BCUT2D eigenvalue weighted by molar-refractivity contribution is 6.31. The molecule has 0 aliphatic carbocycles. The van der Waals surface area contributed by atoms with Gasteiger partial charge in [0.05, 0.1) is 16.7 Å². The Hall–Kier alpha value is -3.18. The third-order valence-corrected chi connectivity index (χ3v) is 8.29. The molecule has 4 rings (SSSR count). The summed E-state index contributed by atoms with van der Waals surface area (Å²) in [6.07, 6.45) is 0.509. The number of anilines is 1. The summed E-state index contributed by atoms with van der Waals surface area (Å²) in [7, 11) is 1.76. The van der Waals surface area contributed by atoms with E-state index in [1.807, 2.05) is 25.7 Å². The molecule has 2 N–H and O–H groups in total. The molecule has 1 fully saturated rings. The molecule has 1 saturated heterocycles. The summed E-state index contributed by atoms with van der Waals surface area (Å²) in [5, 5.41) is 24.2. The second kappa shape index (κ2) is 10.7. The summed E-state index contributed by atoms with van der Waals surface area (Å²) >= 11 is 12.4. The van der Waals surface area contributed by atoms with E-state index in [2.05, 4.69) is 11.4 Å².